The highest BCUT2D eigenvalue weighted by molar-refractivity contribution is 7.09. The van der Waals surface area contributed by atoms with Crippen LogP contribution in [0.2, 0.25) is 0 Å². The topological polar surface area (TPSA) is 57.0 Å². The summed E-state index contributed by atoms with van der Waals surface area (Å²) in [5, 5.41) is 11.7. The molecule has 0 fully saturated rings. The van der Waals surface area contributed by atoms with Crippen molar-refractivity contribution in [1.82, 2.24) is 9.88 Å². The molecule has 1 amide bonds. The van der Waals surface area contributed by atoms with Gasteiger partial charge in [0.1, 0.15) is 0 Å². The van der Waals surface area contributed by atoms with Crippen LogP contribution in [0, 0.1) is 18.3 Å². The van der Waals surface area contributed by atoms with Gasteiger partial charge < -0.3 is 4.90 Å². The molecule has 0 aliphatic rings. The lowest BCUT2D eigenvalue weighted by molar-refractivity contribution is 0.0783. The second-order valence-corrected chi connectivity index (χ2v) is 5.27. The Bertz CT molecular complexity index is 625. The fraction of sp³-hybridized carbons (Fsp3) is 0.214. The number of aryl methyl sites for hydroxylation is 1. The SMILES string of the molecule is Cc1nc(CN(C)C(=O)c2ccc(C#N)cc2)cs1. The number of thiazole rings is 1. The molecule has 0 atom stereocenters. The van der Waals surface area contributed by atoms with Crippen molar-refractivity contribution in [3.63, 3.8) is 0 Å². The predicted octanol–water partition coefficient (Wildman–Crippen LogP) is 2.60. The lowest BCUT2D eigenvalue weighted by Gasteiger charge is -2.15. The van der Waals surface area contributed by atoms with Gasteiger partial charge in [-0.3, -0.25) is 4.79 Å². The van der Waals surface area contributed by atoms with Crippen molar-refractivity contribution in [1.29, 1.82) is 5.26 Å². The number of hydrogen-bond acceptors (Lipinski definition) is 4. The molecule has 2 aromatic rings. The van der Waals surface area contributed by atoms with Crippen molar-refractivity contribution in [3.8, 4) is 6.07 Å². The van der Waals surface area contributed by atoms with Gasteiger partial charge in [-0.1, -0.05) is 0 Å². The van der Waals surface area contributed by atoms with Crippen LogP contribution in [0.5, 0.6) is 0 Å². The van der Waals surface area contributed by atoms with Crippen LogP contribution in [0.1, 0.15) is 26.6 Å². The highest BCUT2D eigenvalue weighted by atomic mass is 32.1. The van der Waals surface area contributed by atoms with Crippen molar-refractivity contribution in [2.24, 2.45) is 0 Å². The molecule has 0 radical (unpaired) electrons. The van der Waals surface area contributed by atoms with Gasteiger partial charge in [-0.25, -0.2) is 4.98 Å². The van der Waals surface area contributed by atoms with Gasteiger partial charge in [0.15, 0.2) is 0 Å². The summed E-state index contributed by atoms with van der Waals surface area (Å²) >= 11 is 1.57. The Balaban J connectivity index is 2.08. The van der Waals surface area contributed by atoms with Crippen LogP contribution in [-0.4, -0.2) is 22.8 Å². The Hall–Kier alpha value is -2.19. The van der Waals surface area contributed by atoms with E-state index in [9.17, 15) is 4.79 Å². The number of carbonyl (C=O) groups excluding carboxylic acids is 1. The van der Waals surface area contributed by atoms with Crippen LogP contribution in [0.25, 0.3) is 0 Å². The summed E-state index contributed by atoms with van der Waals surface area (Å²) in [6.45, 7) is 2.43. The van der Waals surface area contributed by atoms with Gasteiger partial charge in [-0.2, -0.15) is 5.26 Å². The van der Waals surface area contributed by atoms with Gasteiger partial charge >= 0.3 is 0 Å². The third-order valence-electron chi connectivity index (χ3n) is 2.67. The Morgan fingerprint density at radius 3 is 2.63 bits per heavy atom. The minimum absolute atomic E-state index is 0.0739. The van der Waals surface area contributed by atoms with E-state index in [1.54, 1.807) is 47.5 Å². The van der Waals surface area contributed by atoms with E-state index in [-0.39, 0.29) is 5.91 Å². The lowest BCUT2D eigenvalue weighted by atomic mass is 10.1. The number of hydrogen-bond donors (Lipinski definition) is 0. The second-order valence-electron chi connectivity index (χ2n) is 4.21. The third-order valence-corrected chi connectivity index (χ3v) is 3.50. The summed E-state index contributed by atoms with van der Waals surface area (Å²) in [7, 11) is 1.75. The Labute approximate surface area is 115 Å². The molecule has 5 heteroatoms. The number of aromatic nitrogens is 1. The summed E-state index contributed by atoms with van der Waals surface area (Å²) in [5.41, 5.74) is 2.02. The van der Waals surface area contributed by atoms with Crippen LogP contribution in [0.4, 0.5) is 0 Å². The maximum Gasteiger partial charge on any atom is 0.253 e. The minimum atomic E-state index is -0.0739. The van der Waals surface area contributed by atoms with E-state index < -0.39 is 0 Å². The minimum Gasteiger partial charge on any atom is -0.336 e. The largest absolute Gasteiger partial charge is 0.336 e. The number of carbonyl (C=O) groups is 1. The standard InChI is InChI=1S/C14H13N3OS/c1-10-16-13(9-19-10)8-17(2)14(18)12-5-3-11(7-15)4-6-12/h3-6,9H,8H2,1-2H3. The molecule has 0 saturated heterocycles. The van der Waals surface area contributed by atoms with Gasteiger partial charge in [-0.05, 0) is 31.2 Å². The maximum atomic E-state index is 12.2. The van der Waals surface area contributed by atoms with Crippen LogP contribution in [0.3, 0.4) is 0 Å². The van der Waals surface area contributed by atoms with E-state index in [0.717, 1.165) is 10.7 Å². The number of rotatable bonds is 3. The second kappa shape index (κ2) is 5.63. The molecular formula is C14H13N3OS. The van der Waals surface area contributed by atoms with E-state index in [2.05, 4.69) is 4.98 Å². The van der Waals surface area contributed by atoms with Crippen LogP contribution >= 0.6 is 11.3 Å². The lowest BCUT2D eigenvalue weighted by Crippen LogP contribution is -2.26. The van der Waals surface area contributed by atoms with Crippen molar-refractivity contribution in [2.45, 2.75) is 13.5 Å². The molecule has 1 aromatic heterocycles. The maximum absolute atomic E-state index is 12.2. The van der Waals surface area contributed by atoms with Crippen LogP contribution in [-0.2, 0) is 6.54 Å². The van der Waals surface area contributed by atoms with Crippen molar-refractivity contribution in [3.05, 3.63) is 51.5 Å². The molecule has 0 N–H and O–H groups in total. The zero-order valence-electron chi connectivity index (χ0n) is 10.8. The molecular weight excluding hydrogens is 258 g/mol. The predicted molar refractivity (Wildman–Crippen MR) is 73.8 cm³/mol. The van der Waals surface area contributed by atoms with Gasteiger partial charge in [-0.15, -0.1) is 11.3 Å². The van der Waals surface area contributed by atoms with Crippen LogP contribution < -0.4 is 0 Å². The van der Waals surface area contributed by atoms with Crippen molar-refractivity contribution >= 4 is 17.2 Å². The molecule has 19 heavy (non-hydrogen) atoms. The summed E-state index contributed by atoms with van der Waals surface area (Å²) in [6.07, 6.45) is 0. The van der Waals surface area contributed by atoms with Crippen molar-refractivity contribution in [2.75, 3.05) is 7.05 Å². The molecule has 0 bridgehead atoms. The molecule has 4 nitrogen and oxygen atoms in total. The van der Waals surface area contributed by atoms with Crippen molar-refractivity contribution < 1.29 is 4.79 Å². The molecule has 0 saturated carbocycles. The molecule has 1 heterocycles. The van der Waals surface area contributed by atoms with Crippen LogP contribution in [0.15, 0.2) is 29.6 Å². The third kappa shape index (κ3) is 3.18. The average molecular weight is 271 g/mol. The first kappa shape index (κ1) is 13.2. The fourth-order valence-corrected chi connectivity index (χ4v) is 2.31. The average Bonchev–Trinajstić information content (AvgIpc) is 2.83. The van der Waals surface area contributed by atoms with Gasteiger partial charge in [0, 0.05) is 18.0 Å². The fourth-order valence-electron chi connectivity index (χ4n) is 1.70. The molecule has 1 aromatic carbocycles. The van der Waals surface area contributed by atoms with E-state index in [1.807, 2.05) is 18.4 Å². The number of nitrogens with zero attached hydrogens (tertiary/aromatic N) is 3. The molecule has 0 aliphatic heterocycles. The smallest absolute Gasteiger partial charge is 0.253 e. The molecule has 0 aliphatic carbocycles. The monoisotopic (exact) mass is 271 g/mol. The first-order valence-corrected chi connectivity index (χ1v) is 6.65. The molecule has 96 valence electrons. The van der Waals surface area contributed by atoms with E-state index in [0.29, 0.717) is 17.7 Å². The summed E-state index contributed by atoms with van der Waals surface area (Å²) in [4.78, 5) is 18.1. The van der Waals surface area contributed by atoms with Gasteiger partial charge in [0.25, 0.3) is 5.91 Å². The normalized spacial score (nSPS) is 9.95. The summed E-state index contributed by atoms with van der Waals surface area (Å²) < 4.78 is 0. The zero-order chi connectivity index (χ0) is 13.8. The van der Waals surface area contributed by atoms with E-state index >= 15 is 0 Å². The first-order valence-electron chi connectivity index (χ1n) is 5.77. The first-order chi connectivity index (χ1) is 9.10. The Morgan fingerprint density at radius 1 is 1.42 bits per heavy atom. The summed E-state index contributed by atoms with van der Waals surface area (Å²) in [6, 6.07) is 8.67. The van der Waals surface area contributed by atoms with E-state index in [4.69, 9.17) is 5.26 Å². The zero-order valence-corrected chi connectivity index (χ0v) is 11.6. The number of nitriles is 1. The Kier molecular flexibility index (Phi) is 3.93. The summed E-state index contributed by atoms with van der Waals surface area (Å²) in [5.74, 6) is -0.0739. The van der Waals surface area contributed by atoms with Gasteiger partial charge in [0.2, 0.25) is 0 Å². The molecule has 0 spiro atoms. The number of benzene rings is 1. The molecule has 2 rings (SSSR count). The quantitative estimate of drug-likeness (QED) is 0.862. The highest BCUT2D eigenvalue weighted by Crippen LogP contribution is 2.12. The molecule has 0 unspecified atom stereocenters. The highest BCUT2D eigenvalue weighted by Gasteiger charge is 2.13. The van der Waals surface area contributed by atoms with E-state index in [1.165, 1.54) is 0 Å². The van der Waals surface area contributed by atoms with Gasteiger partial charge in [0.05, 0.1) is 28.9 Å². The number of amides is 1. The Morgan fingerprint density at radius 2 is 2.11 bits per heavy atom.